The fourth-order valence-electron chi connectivity index (χ4n) is 2.70. The van der Waals surface area contributed by atoms with Gasteiger partial charge in [0.15, 0.2) is 0 Å². The lowest BCUT2D eigenvalue weighted by Gasteiger charge is -2.39. The van der Waals surface area contributed by atoms with Gasteiger partial charge in [-0.3, -0.25) is 10.9 Å². The van der Waals surface area contributed by atoms with Crippen LogP contribution in [0.5, 0.6) is 0 Å². The molecule has 1 amide bonds. The van der Waals surface area contributed by atoms with E-state index in [2.05, 4.69) is 15.6 Å². The first-order valence-corrected chi connectivity index (χ1v) is 8.66. The van der Waals surface area contributed by atoms with Gasteiger partial charge in [0.2, 0.25) is 0 Å². The van der Waals surface area contributed by atoms with Crippen LogP contribution in [0.1, 0.15) is 12.0 Å². The second-order valence-electron chi connectivity index (χ2n) is 6.50. The van der Waals surface area contributed by atoms with Crippen LogP contribution in [0.25, 0.3) is 0 Å². The van der Waals surface area contributed by atoms with Crippen molar-refractivity contribution in [3.8, 4) is 0 Å². The van der Waals surface area contributed by atoms with Crippen molar-refractivity contribution in [3.05, 3.63) is 35.9 Å². The molecule has 1 aromatic carbocycles. The normalized spacial score (nSPS) is 15.6. The lowest BCUT2D eigenvalue weighted by molar-refractivity contribution is -0.309. The standard InChI is InChI=1S/C17H21F6N3O2/c18-16(19,20)14(17(21,22)23)28-15(27)26-10-13(11-26)7-9-25-24-8-6-12-4-2-1-3-5-12/h1-5,13-14,24-25H,6-11H2. The minimum Gasteiger partial charge on any atom is -0.426 e. The largest absolute Gasteiger partial charge is 0.434 e. The second-order valence-corrected chi connectivity index (χ2v) is 6.50. The van der Waals surface area contributed by atoms with Gasteiger partial charge in [-0.25, -0.2) is 4.79 Å². The van der Waals surface area contributed by atoms with Gasteiger partial charge >= 0.3 is 18.4 Å². The number of halogens is 6. The zero-order valence-corrected chi connectivity index (χ0v) is 14.8. The van der Waals surface area contributed by atoms with Gasteiger partial charge in [0.25, 0.3) is 6.10 Å². The van der Waals surface area contributed by atoms with E-state index in [0.717, 1.165) is 11.3 Å². The SMILES string of the molecule is O=C(OC(C(F)(F)F)C(F)(F)F)N1CC(CCNNCCc2ccccc2)C1. The Kier molecular flexibility index (Phi) is 7.53. The Morgan fingerprint density at radius 2 is 1.61 bits per heavy atom. The van der Waals surface area contributed by atoms with Gasteiger partial charge < -0.3 is 9.64 Å². The number of nitrogens with zero attached hydrogens (tertiary/aromatic N) is 1. The molecular formula is C17H21F6N3O2. The Bertz CT molecular complexity index is 604. The predicted octanol–water partition coefficient (Wildman–Crippen LogP) is 3.28. The highest BCUT2D eigenvalue weighted by molar-refractivity contribution is 5.69. The number of nitrogens with one attached hydrogen (secondary N) is 2. The zero-order chi connectivity index (χ0) is 20.8. The van der Waals surface area contributed by atoms with E-state index in [0.29, 0.717) is 19.5 Å². The third-order valence-corrected chi connectivity index (χ3v) is 4.21. The number of amides is 1. The smallest absolute Gasteiger partial charge is 0.426 e. The molecule has 0 radical (unpaired) electrons. The van der Waals surface area contributed by atoms with Gasteiger partial charge in [-0.1, -0.05) is 30.3 Å². The van der Waals surface area contributed by atoms with Crippen molar-refractivity contribution < 1.29 is 35.9 Å². The fourth-order valence-corrected chi connectivity index (χ4v) is 2.70. The molecule has 28 heavy (non-hydrogen) atoms. The van der Waals surface area contributed by atoms with E-state index in [1.807, 2.05) is 30.3 Å². The summed E-state index contributed by atoms with van der Waals surface area (Å²) in [6.07, 6.45) is -15.7. The molecule has 5 nitrogen and oxygen atoms in total. The molecule has 0 aliphatic carbocycles. The van der Waals surface area contributed by atoms with E-state index in [1.54, 1.807) is 0 Å². The molecule has 0 spiro atoms. The average molecular weight is 413 g/mol. The van der Waals surface area contributed by atoms with Crippen molar-refractivity contribution in [1.82, 2.24) is 15.8 Å². The van der Waals surface area contributed by atoms with Crippen LogP contribution in [0.3, 0.4) is 0 Å². The van der Waals surface area contributed by atoms with E-state index >= 15 is 0 Å². The quantitative estimate of drug-likeness (QED) is 0.390. The summed E-state index contributed by atoms with van der Waals surface area (Å²) in [6, 6.07) is 9.83. The molecule has 2 rings (SSSR count). The third-order valence-electron chi connectivity index (χ3n) is 4.21. The van der Waals surface area contributed by atoms with Crippen LogP contribution in [0, 0.1) is 5.92 Å². The van der Waals surface area contributed by atoms with E-state index in [9.17, 15) is 31.1 Å². The average Bonchev–Trinajstić information content (AvgIpc) is 2.56. The van der Waals surface area contributed by atoms with Gasteiger partial charge in [0, 0.05) is 26.2 Å². The minimum absolute atomic E-state index is 0.00815. The van der Waals surface area contributed by atoms with Crippen molar-refractivity contribution in [2.24, 2.45) is 5.92 Å². The number of hydrogen-bond acceptors (Lipinski definition) is 4. The molecule has 1 aliphatic rings. The number of carbonyl (C=O) groups excluding carboxylic acids is 1. The van der Waals surface area contributed by atoms with E-state index < -0.39 is 24.5 Å². The molecule has 1 saturated heterocycles. The summed E-state index contributed by atoms with van der Waals surface area (Å²) in [4.78, 5) is 12.3. The second kappa shape index (κ2) is 9.46. The number of hydrogen-bond donors (Lipinski definition) is 2. The van der Waals surface area contributed by atoms with Gasteiger partial charge in [-0.15, -0.1) is 0 Å². The van der Waals surface area contributed by atoms with E-state index in [-0.39, 0.29) is 19.0 Å². The van der Waals surface area contributed by atoms with Crippen LogP contribution in [-0.2, 0) is 11.2 Å². The Balaban J connectivity index is 1.58. The molecule has 1 heterocycles. The highest BCUT2D eigenvalue weighted by Gasteiger charge is 2.60. The maximum absolute atomic E-state index is 12.4. The summed E-state index contributed by atoms with van der Waals surface area (Å²) in [7, 11) is 0. The summed E-state index contributed by atoms with van der Waals surface area (Å²) in [6.45, 7) is 1.37. The Morgan fingerprint density at radius 1 is 1.04 bits per heavy atom. The predicted molar refractivity (Wildman–Crippen MR) is 88.2 cm³/mol. The van der Waals surface area contributed by atoms with Crippen molar-refractivity contribution in [1.29, 1.82) is 0 Å². The molecule has 1 fully saturated rings. The maximum atomic E-state index is 12.4. The monoisotopic (exact) mass is 413 g/mol. The molecule has 0 saturated carbocycles. The van der Waals surface area contributed by atoms with Gasteiger partial charge in [-0.05, 0) is 24.3 Å². The van der Waals surface area contributed by atoms with Gasteiger partial charge in [-0.2, -0.15) is 26.3 Å². The van der Waals surface area contributed by atoms with Crippen LogP contribution in [0.15, 0.2) is 30.3 Å². The molecule has 0 aromatic heterocycles. The first-order chi connectivity index (χ1) is 13.1. The molecule has 158 valence electrons. The summed E-state index contributed by atoms with van der Waals surface area (Å²) < 4.78 is 77.9. The number of alkyl halides is 6. The minimum atomic E-state index is -5.70. The molecule has 1 aromatic rings. The van der Waals surface area contributed by atoms with Gasteiger partial charge in [0.05, 0.1) is 0 Å². The first kappa shape index (κ1) is 22.3. The lowest BCUT2D eigenvalue weighted by atomic mass is 9.97. The molecular weight excluding hydrogens is 392 g/mol. The fraction of sp³-hybridized carbons (Fsp3) is 0.588. The number of benzene rings is 1. The van der Waals surface area contributed by atoms with Crippen molar-refractivity contribution in [2.45, 2.75) is 31.3 Å². The topological polar surface area (TPSA) is 53.6 Å². The number of likely N-dealkylation sites (tertiary alicyclic amines) is 1. The molecule has 0 bridgehead atoms. The van der Waals surface area contributed by atoms with E-state index in [1.165, 1.54) is 5.56 Å². The zero-order valence-electron chi connectivity index (χ0n) is 14.8. The van der Waals surface area contributed by atoms with Gasteiger partial charge in [0.1, 0.15) is 0 Å². The Hall–Kier alpha value is -2.01. The molecule has 11 heteroatoms. The van der Waals surface area contributed by atoms with Crippen LogP contribution in [-0.4, -0.2) is 55.6 Å². The third kappa shape index (κ3) is 6.86. The molecule has 0 atom stereocenters. The Labute approximate surface area is 158 Å². The number of hydrazine groups is 1. The lowest BCUT2D eigenvalue weighted by Crippen LogP contribution is -2.54. The number of carbonyl (C=O) groups is 1. The Morgan fingerprint density at radius 3 is 2.18 bits per heavy atom. The number of rotatable bonds is 8. The highest BCUT2D eigenvalue weighted by atomic mass is 19.4. The van der Waals surface area contributed by atoms with E-state index in [4.69, 9.17) is 0 Å². The van der Waals surface area contributed by atoms with Crippen molar-refractivity contribution >= 4 is 6.09 Å². The van der Waals surface area contributed by atoms with Crippen molar-refractivity contribution in [2.75, 3.05) is 26.2 Å². The maximum Gasteiger partial charge on any atom is 0.434 e. The highest BCUT2D eigenvalue weighted by Crippen LogP contribution is 2.36. The summed E-state index contributed by atoms with van der Waals surface area (Å²) in [5.41, 5.74) is 7.20. The molecule has 1 aliphatic heterocycles. The van der Waals surface area contributed by atoms with Crippen LogP contribution < -0.4 is 10.9 Å². The first-order valence-electron chi connectivity index (χ1n) is 8.66. The summed E-state index contributed by atoms with van der Waals surface area (Å²) in [5, 5.41) is 0. The van der Waals surface area contributed by atoms with Crippen LogP contribution in [0.4, 0.5) is 31.1 Å². The number of ether oxygens (including phenoxy) is 1. The van der Waals surface area contributed by atoms with Crippen molar-refractivity contribution in [3.63, 3.8) is 0 Å². The summed E-state index contributed by atoms with van der Waals surface area (Å²) >= 11 is 0. The molecule has 0 unspecified atom stereocenters. The summed E-state index contributed by atoms with van der Waals surface area (Å²) in [5.74, 6) is -0.00815. The van der Waals surface area contributed by atoms with Crippen LogP contribution >= 0.6 is 0 Å². The van der Waals surface area contributed by atoms with Crippen LogP contribution in [0.2, 0.25) is 0 Å². The molecule has 2 N–H and O–H groups in total.